The fourth-order valence-electron chi connectivity index (χ4n) is 1.76. The van der Waals surface area contributed by atoms with Gasteiger partial charge in [-0.05, 0) is 25.1 Å². The van der Waals surface area contributed by atoms with E-state index in [0.29, 0.717) is 5.56 Å². The molecule has 0 saturated carbocycles. The van der Waals surface area contributed by atoms with Crippen LogP contribution in [0.5, 0.6) is 5.75 Å². The summed E-state index contributed by atoms with van der Waals surface area (Å²) in [4.78, 5) is 9.96. The van der Waals surface area contributed by atoms with Gasteiger partial charge in [-0.2, -0.15) is 0 Å². The van der Waals surface area contributed by atoms with Crippen LogP contribution in [0.4, 0.5) is 11.4 Å². The van der Waals surface area contributed by atoms with Crippen molar-refractivity contribution in [3.8, 4) is 5.75 Å². The second kappa shape index (κ2) is 5.41. The summed E-state index contributed by atoms with van der Waals surface area (Å²) < 4.78 is 26.5. The van der Waals surface area contributed by atoms with Gasteiger partial charge in [0.1, 0.15) is 10.6 Å². The van der Waals surface area contributed by atoms with Crippen LogP contribution in [-0.2, 0) is 10.0 Å². The first-order valence-corrected chi connectivity index (χ1v) is 7.35. The highest BCUT2D eigenvalue weighted by molar-refractivity contribution is 7.92. The molecule has 0 aliphatic rings. The summed E-state index contributed by atoms with van der Waals surface area (Å²) in [6.45, 7) is 1.55. The maximum absolute atomic E-state index is 12.1. The van der Waals surface area contributed by atoms with Crippen molar-refractivity contribution in [2.75, 3.05) is 4.72 Å². The molecule has 2 N–H and O–H groups in total. The Labute approximate surface area is 121 Å². The monoisotopic (exact) mass is 308 g/mol. The van der Waals surface area contributed by atoms with Crippen molar-refractivity contribution >= 4 is 21.4 Å². The number of nitro benzene ring substituents is 1. The number of aromatic hydroxyl groups is 1. The van der Waals surface area contributed by atoms with Gasteiger partial charge in [0.15, 0.2) is 0 Å². The summed E-state index contributed by atoms with van der Waals surface area (Å²) in [6.07, 6.45) is 0. The number of aryl methyl sites for hydroxylation is 1. The fourth-order valence-corrected chi connectivity index (χ4v) is 2.91. The van der Waals surface area contributed by atoms with E-state index in [1.807, 2.05) is 0 Å². The maximum Gasteiger partial charge on any atom is 0.274 e. The number of anilines is 1. The summed E-state index contributed by atoms with van der Waals surface area (Å²) in [5.41, 5.74) is 0.286. The van der Waals surface area contributed by atoms with Gasteiger partial charge in [-0.15, -0.1) is 0 Å². The first kappa shape index (κ1) is 14.8. The number of rotatable bonds is 4. The van der Waals surface area contributed by atoms with Gasteiger partial charge in [-0.1, -0.05) is 18.2 Å². The van der Waals surface area contributed by atoms with Crippen LogP contribution in [0.2, 0.25) is 0 Å². The molecule has 0 heterocycles. The quantitative estimate of drug-likeness (QED) is 0.665. The van der Waals surface area contributed by atoms with Gasteiger partial charge in [-0.25, -0.2) is 8.42 Å². The number of nitrogens with one attached hydrogen (secondary N) is 1. The Balaban J connectivity index is 2.40. The molecule has 2 rings (SSSR count). The van der Waals surface area contributed by atoms with Gasteiger partial charge >= 0.3 is 0 Å². The Kier molecular flexibility index (Phi) is 3.81. The first-order chi connectivity index (χ1) is 9.81. The smallest absolute Gasteiger partial charge is 0.274 e. The molecule has 2 aromatic rings. The highest BCUT2D eigenvalue weighted by atomic mass is 32.2. The van der Waals surface area contributed by atoms with E-state index in [4.69, 9.17) is 0 Å². The molecule has 0 radical (unpaired) electrons. The van der Waals surface area contributed by atoms with E-state index in [-0.39, 0.29) is 16.3 Å². The minimum Gasteiger partial charge on any atom is -0.507 e. The van der Waals surface area contributed by atoms with E-state index in [1.165, 1.54) is 36.4 Å². The Morgan fingerprint density at radius 3 is 2.48 bits per heavy atom. The molecule has 8 heteroatoms. The lowest BCUT2D eigenvalue weighted by molar-refractivity contribution is -0.385. The van der Waals surface area contributed by atoms with E-state index in [1.54, 1.807) is 6.92 Å². The third-order valence-corrected chi connectivity index (χ3v) is 4.24. The molecule has 0 spiro atoms. The van der Waals surface area contributed by atoms with Crippen molar-refractivity contribution in [3.63, 3.8) is 0 Å². The van der Waals surface area contributed by atoms with E-state index >= 15 is 0 Å². The molecule has 0 unspecified atom stereocenters. The zero-order valence-electron chi connectivity index (χ0n) is 11.0. The van der Waals surface area contributed by atoms with Crippen LogP contribution >= 0.6 is 0 Å². The molecule has 0 aliphatic carbocycles. The predicted octanol–water partition coefficient (Wildman–Crippen LogP) is 2.41. The SMILES string of the molecule is Cc1ccc(NS(=O)(=O)c2ccccc2O)cc1[N+](=O)[O-]. The average molecular weight is 308 g/mol. The molecular formula is C13H12N2O5S. The summed E-state index contributed by atoms with van der Waals surface area (Å²) in [5, 5.41) is 20.4. The maximum atomic E-state index is 12.1. The number of phenolic OH excluding ortho intramolecular Hbond substituents is 1. The number of phenols is 1. The number of sulfonamides is 1. The number of para-hydroxylation sites is 1. The molecule has 2 aromatic carbocycles. The standard InChI is InChI=1S/C13H12N2O5S/c1-9-6-7-10(8-11(9)15(17)18)14-21(19,20)13-5-3-2-4-12(13)16/h2-8,14,16H,1H3. The van der Waals surface area contributed by atoms with E-state index < -0.39 is 20.7 Å². The first-order valence-electron chi connectivity index (χ1n) is 5.87. The molecular weight excluding hydrogens is 296 g/mol. The van der Waals surface area contributed by atoms with Crippen molar-refractivity contribution in [2.45, 2.75) is 11.8 Å². The normalized spacial score (nSPS) is 11.1. The Hall–Kier alpha value is -2.61. The van der Waals surface area contributed by atoms with Crippen LogP contribution in [0.25, 0.3) is 0 Å². The highest BCUT2D eigenvalue weighted by Gasteiger charge is 2.20. The van der Waals surface area contributed by atoms with Crippen molar-refractivity contribution in [2.24, 2.45) is 0 Å². The second-order valence-electron chi connectivity index (χ2n) is 4.33. The third kappa shape index (κ3) is 3.11. The minimum absolute atomic E-state index is 0.0514. The molecule has 21 heavy (non-hydrogen) atoms. The van der Waals surface area contributed by atoms with Crippen molar-refractivity contribution < 1.29 is 18.4 Å². The molecule has 0 bridgehead atoms. The molecule has 0 saturated heterocycles. The zero-order valence-corrected chi connectivity index (χ0v) is 11.8. The summed E-state index contributed by atoms with van der Waals surface area (Å²) in [7, 11) is -4.02. The highest BCUT2D eigenvalue weighted by Crippen LogP contribution is 2.27. The Bertz CT molecular complexity index is 802. The predicted molar refractivity (Wildman–Crippen MR) is 76.7 cm³/mol. The average Bonchev–Trinajstić information content (AvgIpc) is 2.40. The largest absolute Gasteiger partial charge is 0.507 e. The molecule has 110 valence electrons. The lowest BCUT2D eigenvalue weighted by Gasteiger charge is -2.09. The summed E-state index contributed by atoms with van der Waals surface area (Å²) >= 11 is 0. The molecule has 0 aliphatic heterocycles. The van der Waals surface area contributed by atoms with Crippen LogP contribution in [0.3, 0.4) is 0 Å². The van der Waals surface area contributed by atoms with Crippen LogP contribution in [0.1, 0.15) is 5.56 Å². The van der Waals surface area contributed by atoms with Crippen LogP contribution in [0, 0.1) is 17.0 Å². The van der Waals surface area contributed by atoms with Gasteiger partial charge < -0.3 is 5.11 Å². The number of hydrogen-bond acceptors (Lipinski definition) is 5. The van der Waals surface area contributed by atoms with Crippen molar-refractivity contribution in [3.05, 3.63) is 58.1 Å². The summed E-state index contributed by atoms with van der Waals surface area (Å²) in [5.74, 6) is -0.397. The van der Waals surface area contributed by atoms with Crippen molar-refractivity contribution in [1.29, 1.82) is 0 Å². The number of nitro groups is 1. The van der Waals surface area contributed by atoms with Crippen LogP contribution in [-0.4, -0.2) is 18.4 Å². The fraction of sp³-hybridized carbons (Fsp3) is 0.0769. The van der Waals surface area contributed by atoms with Gasteiger partial charge in [0.25, 0.3) is 15.7 Å². The van der Waals surface area contributed by atoms with E-state index in [9.17, 15) is 23.6 Å². The topological polar surface area (TPSA) is 110 Å². The molecule has 0 aromatic heterocycles. The number of nitrogens with zero attached hydrogens (tertiary/aromatic N) is 1. The second-order valence-corrected chi connectivity index (χ2v) is 5.98. The minimum atomic E-state index is -4.02. The van der Waals surface area contributed by atoms with Crippen LogP contribution < -0.4 is 4.72 Å². The van der Waals surface area contributed by atoms with Gasteiger partial charge in [0.05, 0.1) is 10.6 Å². The molecule has 0 atom stereocenters. The Morgan fingerprint density at radius 1 is 1.19 bits per heavy atom. The Morgan fingerprint density at radius 2 is 1.86 bits per heavy atom. The van der Waals surface area contributed by atoms with E-state index in [2.05, 4.69) is 4.72 Å². The third-order valence-electron chi connectivity index (χ3n) is 2.81. The molecule has 0 amide bonds. The molecule has 7 nitrogen and oxygen atoms in total. The molecule has 0 fully saturated rings. The van der Waals surface area contributed by atoms with Gasteiger partial charge in [0, 0.05) is 11.6 Å². The number of hydrogen-bond donors (Lipinski definition) is 2. The van der Waals surface area contributed by atoms with Gasteiger partial charge in [-0.3, -0.25) is 14.8 Å². The van der Waals surface area contributed by atoms with Crippen LogP contribution in [0.15, 0.2) is 47.4 Å². The zero-order chi connectivity index (χ0) is 15.6. The summed E-state index contributed by atoms with van der Waals surface area (Å²) in [6, 6.07) is 9.43. The van der Waals surface area contributed by atoms with Gasteiger partial charge in [0.2, 0.25) is 0 Å². The van der Waals surface area contributed by atoms with Crippen molar-refractivity contribution in [1.82, 2.24) is 0 Å². The lowest BCUT2D eigenvalue weighted by atomic mass is 10.2. The van der Waals surface area contributed by atoms with E-state index in [0.717, 1.165) is 6.07 Å². The number of benzene rings is 2. The lowest BCUT2D eigenvalue weighted by Crippen LogP contribution is -2.13.